The molecule has 1 aromatic heterocycles. The van der Waals surface area contributed by atoms with Gasteiger partial charge < -0.3 is 10.2 Å². The number of aromatic nitrogens is 2. The Kier molecular flexibility index (Phi) is 3.33. The van der Waals surface area contributed by atoms with Gasteiger partial charge in [-0.15, -0.1) is 0 Å². The molecule has 0 bridgehead atoms. The van der Waals surface area contributed by atoms with Crippen LogP contribution in [0.4, 0.5) is 0 Å². The predicted octanol–water partition coefficient (Wildman–Crippen LogP) is 0.410. The van der Waals surface area contributed by atoms with E-state index < -0.39 is 12.2 Å². The molecule has 1 aromatic carbocycles. The van der Waals surface area contributed by atoms with Crippen LogP contribution in [0, 0.1) is 0 Å². The third-order valence-corrected chi connectivity index (χ3v) is 3.40. The fourth-order valence-corrected chi connectivity index (χ4v) is 2.40. The summed E-state index contributed by atoms with van der Waals surface area (Å²) in [7, 11) is 0. The molecule has 1 saturated heterocycles. The molecule has 5 nitrogen and oxygen atoms in total. The molecule has 0 radical (unpaired) electrons. The molecule has 1 fully saturated rings. The zero-order chi connectivity index (χ0) is 13.2. The van der Waals surface area contributed by atoms with Crippen molar-refractivity contribution >= 4 is 0 Å². The van der Waals surface area contributed by atoms with Gasteiger partial charge in [0, 0.05) is 31.4 Å². The molecule has 5 heteroatoms. The summed E-state index contributed by atoms with van der Waals surface area (Å²) in [6.07, 6.45) is 2.53. The monoisotopic (exact) mass is 259 g/mol. The number of nitrogens with zero attached hydrogens (tertiary/aromatic N) is 3. The molecule has 2 N–H and O–H groups in total. The van der Waals surface area contributed by atoms with Crippen LogP contribution in [0.5, 0.6) is 0 Å². The van der Waals surface area contributed by atoms with Crippen molar-refractivity contribution < 1.29 is 10.2 Å². The molecule has 1 aliphatic rings. The molecule has 1 aliphatic heterocycles. The Bertz CT molecular complexity index is 531. The van der Waals surface area contributed by atoms with Crippen LogP contribution in [0.2, 0.25) is 0 Å². The number of para-hydroxylation sites is 1. The Morgan fingerprint density at radius 2 is 1.79 bits per heavy atom. The van der Waals surface area contributed by atoms with Crippen molar-refractivity contribution in [1.29, 1.82) is 0 Å². The van der Waals surface area contributed by atoms with E-state index in [1.807, 2.05) is 52.3 Å². The van der Waals surface area contributed by atoms with E-state index in [1.54, 1.807) is 0 Å². The van der Waals surface area contributed by atoms with E-state index >= 15 is 0 Å². The van der Waals surface area contributed by atoms with E-state index in [9.17, 15) is 10.2 Å². The van der Waals surface area contributed by atoms with Crippen LogP contribution in [-0.4, -0.2) is 50.2 Å². The van der Waals surface area contributed by atoms with E-state index in [0.717, 1.165) is 11.3 Å². The minimum atomic E-state index is -0.635. The lowest BCUT2D eigenvalue weighted by Crippen LogP contribution is -2.22. The number of aliphatic hydroxyl groups is 2. The third-order valence-electron chi connectivity index (χ3n) is 3.40. The van der Waals surface area contributed by atoms with Gasteiger partial charge in [0.2, 0.25) is 0 Å². The van der Waals surface area contributed by atoms with Gasteiger partial charge in [-0.2, -0.15) is 5.10 Å². The highest BCUT2D eigenvalue weighted by molar-refractivity contribution is 5.30. The lowest BCUT2D eigenvalue weighted by atomic mass is 10.3. The summed E-state index contributed by atoms with van der Waals surface area (Å²) in [6, 6.07) is 9.93. The number of aliphatic hydroxyl groups excluding tert-OH is 2. The minimum absolute atomic E-state index is 0.512. The fourth-order valence-electron chi connectivity index (χ4n) is 2.40. The maximum Gasteiger partial charge on any atom is 0.0938 e. The highest BCUT2D eigenvalue weighted by Crippen LogP contribution is 2.15. The van der Waals surface area contributed by atoms with Crippen molar-refractivity contribution in [3.05, 3.63) is 48.3 Å². The number of benzene rings is 1. The van der Waals surface area contributed by atoms with Crippen LogP contribution in [0.15, 0.2) is 42.7 Å². The Balaban J connectivity index is 1.69. The largest absolute Gasteiger partial charge is 0.389 e. The average molecular weight is 259 g/mol. The number of hydrogen-bond acceptors (Lipinski definition) is 4. The summed E-state index contributed by atoms with van der Waals surface area (Å²) in [5.74, 6) is 0. The highest BCUT2D eigenvalue weighted by atomic mass is 16.3. The van der Waals surface area contributed by atoms with Crippen LogP contribution in [0.25, 0.3) is 5.69 Å². The van der Waals surface area contributed by atoms with Gasteiger partial charge in [0.15, 0.2) is 0 Å². The third kappa shape index (κ3) is 2.68. The summed E-state index contributed by atoms with van der Waals surface area (Å²) >= 11 is 0. The van der Waals surface area contributed by atoms with E-state index in [4.69, 9.17) is 0 Å². The first-order valence-corrected chi connectivity index (χ1v) is 6.40. The number of β-amino-alcohol motifs (C(OH)–C–C–N with tert-alkyl or cyclic N) is 2. The van der Waals surface area contributed by atoms with Crippen molar-refractivity contribution in [2.75, 3.05) is 13.1 Å². The van der Waals surface area contributed by atoms with E-state index in [0.29, 0.717) is 19.6 Å². The minimum Gasteiger partial charge on any atom is -0.389 e. The standard InChI is InChI=1S/C14H17N3O2/c18-13-9-16(10-14(13)19)7-11-6-15-17(8-11)12-4-2-1-3-5-12/h1-6,8,13-14,18-19H,7,9-10H2/t13-,14+. The first kappa shape index (κ1) is 12.3. The van der Waals surface area contributed by atoms with Crippen molar-refractivity contribution in [1.82, 2.24) is 14.7 Å². The Morgan fingerprint density at radius 3 is 2.47 bits per heavy atom. The number of hydrogen-bond donors (Lipinski definition) is 2. The Hall–Kier alpha value is -1.69. The number of rotatable bonds is 3. The lowest BCUT2D eigenvalue weighted by Gasteiger charge is -2.12. The molecule has 0 amide bonds. The molecule has 100 valence electrons. The highest BCUT2D eigenvalue weighted by Gasteiger charge is 2.29. The molecule has 3 rings (SSSR count). The zero-order valence-electron chi connectivity index (χ0n) is 10.6. The first-order chi connectivity index (χ1) is 9.22. The van der Waals surface area contributed by atoms with E-state index in [1.165, 1.54) is 0 Å². The van der Waals surface area contributed by atoms with Crippen molar-refractivity contribution in [3.8, 4) is 5.69 Å². The Labute approximate surface area is 111 Å². The normalized spacial score (nSPS) is 23.9. The second-order valence-corrected chi connectivity index (χ2v) is 4.96. The predicted molar refractivity (Wildman–Crippen MR) is 70.9 cm³/mol. The second-order valence-electron chi connectivity index (χ2n) is 4.96. The van der Waals surface area contributed by atoms with Gasteiger partial charge in [-0.1, -0.05) is 18.2 Å². The molecule has 2 heterocycles. The second kappa shape index (κ2) is 5.13. The molecule has 2 atom stereocenters. The SMILES string of the molecule is O[C@@H]1CN(Cc2cnn(-c3ccccc3)c2)C[C@@H]1O. The molecule has 0 spiro atoms. The molecule has 19 heavy (non-hydrogen) atoms. The summed E-state index contributed by atoms with van der Waals surface area (Å²) in [4.78, 5) is 2.03. The molecular weight excluding hydrogens is 242 g/mol. The lowest BCUT2D eigenvalue weighted by molar-refractivity contribution is 0.0572. The average Bonchev–Trinajstić information content (AvgIpc) is 2.99. The summed E-state index contributed by atoms with van der Waals surface area (Å²) in [6.45, 7) is 1.72. The van der Waals surface area contributed by atoms with Crippen molar-refractivity contribution in [2.45, 2.75) is 18.8 Å². The quantitative estimate of drug-likeness (QED) is 0.838. The molecule has 0 aliphatic carbocycles. The fraction of sp³-hybridized carbons (Fsp3) is 0.357. The van der Waals surface area contributed by atoms with E-state index in [-0.39, 0.29) is 0 Å². The van der Waals surface area contributed by atoms with Gasteiger partial charge in [-0.3, -0.25) is 4.90 Å². The van der Waals surface area contributed by atoms with Gasteiger partial charge in [-0.25, -0.2) is 4.68 Å². The Morgan fingerprint density at radius 1 is 1.11 bits per heavy atom. The van der Waals surface area contributed by atoms with Crippen LogP contribution < -0.4 is 0 Å². The number of likely N-dealkylation sites (tertiary alicyclic amines) is 1. The summed E-state index contributed by atoms with van der Waals surface area (Å²) < 4.78 is 1.83. The molecule has 2 aromatic rings. The van der Waals surface area contributed by atoms with Gasteiger partial charge in [0.25, 0.3) is 0 Å². The first-order valence-electron chi connectivity index (χ1n) is 6.40. The van der Waals surface area contributed by atoms with Gasteiger partial charge in [-0.05, 0) is 12.1 Å². The molecule has 0 unspecified atom stereocenters. The summed E-state index contributed by atoms with van der Waals surface area (Å²) in [5.41, 5.74) is 2.10. The van der Waals surface area contributed by atoms with Crippen LogP contribution in [0.1, 0.15) is 5.56 Å². The zero-order valence-corrected chi connectivity index (χ0v) is 10.6. The van der Waals surface area contributed by atoms with Crippen LogP contribution >= 0.6 is 0 Å². The van der Waals surface area contributed by atoms with Gasteiger partial charge >= 0.3 is 0 Å². The maximum absolute atomic E-state index is 9.52. The van der Waals surface area contributed by atoms with Crippen molar-refractivity contribution in [3.63, 3.8) is 0 Å². The van der Waals surface area contributed by atoms with Crippen LogP contribution in [-0.2, 0) is 6.54 Å². The smallest absolute Gasteiger partial charge is 0.0938 e. The summed E-state index contributed by atoms with van der Waals surface area (Å²) in [5, 5.41) is 23.4. The maximum atomic E-state index is 9.52. The van der Waals surface area contributed by atoms with Crippen LogP contribution in [0.3, 0.4) is 0 Å². The topological polar surface area (TPSA) is 61.5 Å². The van der Waals surface area contributed by atoms with Gasteiger partial charge in [0.05, 0.1) is 24.1 Å². The van der Waals surface area contributed by atoms with Gasteiger partial charge in [0.1, 0.15) is 0 Å². The van der Waals surface area contributed by atoms with Crippen molar-refractivity contribution in [2.24, 2.45) is 0 Å². The molecular formula is C14H17N3O2. The van der Waals surface area contributed by atoms with E-state index in [2.05, 4.69) is 5.10 Å². The molecule has 0 saturated carbocycles.